The van der Waals surface area contributed by atoms with Gasteiger partial charge in [-0.15, -0.1) is 0 Å². The van der Waals surface area contributed by atoms with Crippen LogP contribution in [0.25, 0.3) is 61.0 Å². The molecular formula is C37H27N3. The normalized spacial score (nSPS) is 16.4. The van der Waals surface area contributed by atoms with Crippen molar-refractivity contribution in [1.82, 2.24) is 15.6 Å². The molecule has 3 heterocycles. The Bertz CT molecular complexity index is 1910. The molecule has 0 saturated carbocycles. The molecule has 3 nitrogen and oxygen atoms in total. The van der Waals surface area contributed by atoms with Crippen LogP contribution >= 0.6 is 0 Å². The van der Waals surface area contributed by atoms with Crippen LogP contribution in [0.1, 0.15) is 17.4 Å². The van der Waals surface area contributed by atoms with Gasteiger partial charge in [0, 0.05) is 6.54 Å². The molecule has 40 heavy (non-hydrogen) atoms. The molecular weight excluding hydrogens is 486 g/mol. The SMILES string of the molecule is C1=CCNC(c2cc(-c3cccc(-c4ccc5c6c(cccc46)-c4ccccc4-5)c3)cc(C3C=CC=CN3)n2)=C1. The van der Waals surface area contributed by atoms with E-state index in [1.807, 2.05) is 12.3 Å². The van der Waals surface area contributed by atoms with Crippen molar-refractivity contribution < 1.29 is 0 Å². The number of nitrogens with zero attached hydrogens (tertiary/aromatic N) is 1. The standard InChI is InChI=1S/C37H27N3/c1-2-12-29-28(11-1)31-14-8-13-30-27(17-18-32(29)37(30)31)25-10-7-9-24(21-25)26-22-35(33-15-3-5-19-38-33)40-36(23-26)34-16-4-6-20-39-34/h1-19,21-23,33,38-39H,20H2. The summed E-state index contributed by atoms with van der Waals surface area (Å²) in [4.78, 5) is 5.06. The molecule has 8 rings (SSSR count). The fourth-order valence-corrected chi connectivity index (χ4v) is 6.21. The van der Waals surface area contributed by atoms with Gasteiger partial charge in [-0.05, 0) is 91.8 Å². The summed E-state index contributed by atoms with van der Waals surface area (Å²) in [6.07, 6.45) is 14.5. The lowest BCUT2D eigenvalue weighted by Gasteiger charge is -2.20. The van der Waals surface area contributed by atoms with E-state index >= 15 is 0 Å². The highest BCUT2D eigenvalue weighted by Gasteiger charge is 2.22. The van der Waals surface area contributed by atoms with E-state index in [2.05, 4.69) is 132 Å². The maximum absolute atomic E-state index is 5.06. The third kappa shape index (κ3) is 3.70. The number of pyridine rings is 1. The minimum atomic E-state index is 0.0322. The first-order chi connectivity index (χ1) is 19.8. The van der Waals surface area contributed by atoms with Crippen molar-refractivity contribution >= 4 is 16.5 Å². The topological polar surface area (TPSA) is 37.0 Å². The predicted molar refractivity (Wildman–Crippen MR) is 166 cm³/mol. The molecule has 4 aromatic carbocycles. The van der Waals surface area contributed by atoms with Crippen LogP contribution in [0, 0.1) is 0 Å². The highest BCUT2D eigenvalue weighted by Crippen LogP contribution is 2.49. The average molecular weight is 514 g/mol. The highest BCUT2D eigenvalue weighted by atomic mass is 15.0. The van der Waals surface area contributed by atoms with Gasteiger partial charge in [-0.25, -0.2) is 4.98 Å². The number of hydrogen-bond donors (Lipinski definition) is 2. The zero-order chi connectivity index (χ0) is 26.5. The second-order valence-electron chi connectivity index (χ2n) is 10.5. The Balaban J connectivity index is 1.26. The van der Waals surface area contributed by atoms with Crippen molar-refractivity contribution in [1.29, 1.82) is 0 Å². The summed E-state index contributed by atoms with van der Waals surface area (Å²) in [5.74, 6) is 0. The molecule has 0 radical (unpaired) electrons. The molecule has 0 bridgehead atoms. The van der Waals surface area contributed by atoms with Gasteiger partial charge in [-0.1, -0.05) is 97.1 Å². The van der Waals surface area contributed by atoms with E-state index in [1.54, 1.807) is 0 Å². The number of fused-ring (bicyclic) bond motifs is 3. The first kappa shape index (κ1) is 22.8. The first-order valence-corrected chi connectivity index (χ1v) is 13.8. The molecule has 0 spiro atoms. The number of rotatable bonds is 4. The van der Waals surface area contributed by atoms with E-state index in [9.17, 15) is 0 Å². The van der Waals surface area contributed by atoms with Crippen molar-refractivity contribution in [3.8, 4) is 44.5 Å². The van der Waals surface area contributed by atoms with Gasteiger partial charge in [-0.2, -0.15) is 0 Å². The maximum Gasteiger partial charge on any atom is 0.0871 e. The number of nitrogens with one attached hydrogen (secondary N) is 2. The fourth-order valence-electron chi connectivity index (χ4n) is 6.21. The zero-order valence-electron chi connectivity index (χ0n) is 21.9. The van der Waals surface area contributed by atoms with E-state index in [0.717, 1.165) is 29.2 Å². The van der Waals surface area contributed by atoms with Crippen molar-refractivity contribution in [2.45, 2.75) is 6.04 Å². The minimum Gasteiger partial charge on any atom is -0.380 e. The van der Waals surface area contributed by atoms with E-state index in [0.29, 0.717) is 0 Å². The quantitative estimate of drug-likeness (QED) is 0.248. The molecule has 190 valence electrons. The zero-order valence-corrected chi connectivity index (χ0v) is 21.9. The van der Waals surface area contributed by atoms with Gasteiger partial charge in [-0.3, -0.25) is 0 Å². The number of benzene rings is 4. The van der Waals surface area contributed by atoms with Gasteiger partial charge in [0.2, 0.25) is 0 Å². The number of allylic oxidation sites excluding steroid dienone is 4. The van der Waals surface area contributed by atoms with E-state index in [4.69, 9.17) is 4.98 Å². The van der Waals surface area contributed by atoms with E-state index in [1.165, 1.54) is 49.7 Å². The molecule has 0 saturated heterocycles. The van der Waals surface area contributed by atoms with E-state index in [-0.39, 0.29) is 6.04 Å². The molecule has 5 aromatic rings. The Labute approximate surface area is 233 Å². The van der Waals surface area contributed by atoms with Crippen LogP contribution in [0.2, 0.25) is 0 Å². The predicted octanol–water partition coefficient (Wildman–Crippen LogP) is 8.43. The average Bonchev–Trinajstić information content (AvgIpc) is 3.37. The van der Waals surface area contributed by atoms with Crippen LogP contribution in [-0.4, -0.2) is 11.5 Å². The van der Waals surface area contributed by atoms with Crippen molar-refractivity contribution in [3.63, 3.8) is 0 Å². The summed E-state index contributed by atoms with van der Waals surface area (Å²) >= 11 is 0. The second-order valence-corrected chi connectivity index (χ2v) is 10.5. The summed E-state index contributed by atoms with van der Waals surface area (Å²) in [5.41, 5.74) is 13.1. The summed E-state index contributed by atoms with van der Waals surface area (Å²) in [5, 5.41) is 9.58. The molecule has 0 fully saturated rings. The Kier molecular flexibility index (Phi) is 5.27. The molecule has 0 amide bonds. The third-order valence-electron chi connectivity index (χ3n) is 8.09. The smallest absolute Gasteiger partial charge is 0.0871 e. The molecule has 2 aliphatic heterocycles. The maximum atomic E-state index is 5.06. The number of aromatic nitrogens is 1. The Morgan fingerprint density at radius 3 is 2.27 bits per heavy atom. The Hall–Kier alpha value is -5.15. The molecule has 1 aromatic heterocycles. The van der Waals surface area contributed by atoms with Gasteiger partial charge in [0.05, 0.1) is 23.1 Å². The third-order valence-corrected chi connectivity index (χ3v) is 8.09. The van der Waals surface area contributed by atoms with Crippen LogP contribution in [0.3, 0.4) is 0 Å². The van der Waals surface area contributed by atoms with Gasteiger partial charge < -0.3 is 10.6 Å². The summed E-state index contributed by atoms with van der Waals surface area (Å²) in [6, 6.07) is 33.4. The summed E-state index contributed by atoms with van der Waals surface area (Å²) < 4.78 is 0. The lowest BCUT2D eigenvalue weighted by Crippen LogP contribution is -2.19. The van der Waals surface area contributed by atoms with Crippen LogP contribution in [0.5, 0.6) is 0 Å². The molecule has 2 N–H and O–H groups in total. The Morgan fingerprint density at radius 1 is 0.650 bits per heavy atom. The van der Waals surface area contributed by atoms with Crippen molar-refractivity contribution in [3.05, 3.63) is 145 Å². The second kappa shape index (κ2) is 9.25. The van der Waals surface area contributed by atoms with Gasteiger partial charge >= 0.3 is 0 Å². The number of dihydropyridines is 2. The Morgan fingerprint density at radius 2 is 1.45 bits per heavy atom. The molecule has 1 aliphatic carbocycles. The van der Waals surface area contributed by atoms with E-state index < -0.39 is 0 Å². The van der Waals surface area contributed by atoms with Gasteiger partial charge in [0.1, 0.15) is 0 Å². The lowest BCUT2D eigenvalue weighted by atomic mass is 9.92. The monoisotopic (exact) mass is 513 g/mol. The van der Waals surface area contributed by atoms with Crippen LogP contribution in [0.15, 0.2) is 134 Å². The number of hydrogen-bond acceptors (Lipinski definition) is 3. The largest absolute Gasteiger partial charge is 0.380 e. The van der Waals surface area contributed by atoms with Crippen LogP contribution in [-0.2, 0) is 0 Å². The van der Waals surface area contributed by atoms with Gasteiger partial charge in [0.25, 0.3) is 0 Å². The molecule has 3 aliphatic rings. The van der Waals surface area contributed by atoms with Crippen molar-refractivity contribution in [2.24, 2.45) is 0 Å². The minimum absolute atomic E-state index is 0.0322. The molecule has 3 heteroatoms. The summed E-state index contributed by atoms with van der Waals surface area (Å²) in [7, 11) is 0. The first-order valence-electron chi connectivity index (χ1n) is 13.8. The van der Waals surface area contributed by atoms with Crippen molar-refractivity contribution in [2.75, 3.05) is 6.54 Å². The summed E-state index contributed by atoms with van der Waals surface area (Å²) in [6.45, 7) is 0.807. The lowest BCUT2D eigenvalue weighted by molar-refractivity contribution is 0.719. The highest BCUT2D eigenvalue weighted by molar-refractivity contribution is 6.18. The molecule has 1 atom stereocenters. The molecule has 1 unspecified atom stereocenters. The van der Waals surface area contributed by atoms with Gasteiger partial charge in [0.15, 0.2) is 0 Å². The van der Waals surface area contributed by atoms with Crippen LogP contribution in [0.4, 0.5) is 0 Å². The van der Waals surface area contributed by atoms with Crippen LogP contribution < -0.4 is 10.6 Å². The fraction of sp³-hybridized carbons (Fsp3) is 0.0541.